The van der Waals surface area contributed by atoms with E-state index in [-0.39, 0.29) is 31.6 Å². The fourth-order valence-electron chi connectivity index (χ4n) is 3.41. The molecule has 1 saturated heterocycles. The van der Waals surface area contributed by atoms with Crippen LogP contribution in [0, 0.1) is 11.7 Å². The highest BCUT2D eigenvalue weighted by atomic mass is 32.2. The fourth-order valence-corrected chi connectivity index (χ4v) is 5.10. The van der Waals surface area contributed by atoms with Gasteiger partial charge < -0.3 is 10.1 Å². The lowest BCUT2D eigenvalue weighted by Gasteiger charge is -2.30. The Balaban J connectivity index is 1.55. The topological polar surface area (TPSA) is 92.8 Å². The van der Waals surface area contributed by atoms with E-state index < -0.39 is 56.9 Å². The number of hydrogen-bond acceptors (Lipinski definition) is 5. The summed E-state index contributed by atoms with van der Waals surface area (Å²) in [5.41, 5.74) is -1.07. The van der Waals surface area contributed by atoms with Crippen LogP contribution in [0.5, 0.6) is 0 Å². The van der Waals surface area contributed by atoms with Gasteiger partial charge in [-0.05, 0) is 43.2 Å². The van der Waals surface area contributed by atoms with Crippen molar-refractivity contribution in [3.8, 4) is 0 Å². The average molecular weight is 488 g/mol. The van der Waals surface area contributed by atoms with Crippen molar-refractivity contribution in [2.45, 2.75) is 23.9 Å². The van der Waals surface area contributed by atoms with E-state index in [0.29, 0.717) is 6.07 Å². The lowest BCUT2D eigenvalue weighted by Crippen LogP contribution is -2.41. The first-order valence-corrected chi connectivity index (χ1v) is 11.3. The highest BCUT2D eigenvalue weighted by Gasteiger charge is 2.40. The van der Waals surface area contributed by atoms with Crippen molar-refractivity contribution in [2.75, 3.05) is 25.0 Å². The number of carbonyl (C=O) groups is 2. The van der Waals surface area contributed by atoms with Crippen LogP contribution in [0.3, 0.4) is 0 Å². The van der Waals surface area contributed by atoms with Gasteiger partial charge in [-0.3, -0.25) is 9.59 Å². The lowest BCUT2D eigenvalue weighted by molar-refractivity contribution is -0.152. The Bertz CT molecular complexity index is 1130. The molecule has 3 rings (SSSR count). The highest BCUT2D eigenvalue weighted by Crippen LogP contribution is 2.36. The number of piperidine rings is 1. The van der Waals surface area contributed by atoms with Crippen molar-refractivity contribution in [2.24, 2.45) is 5.92 Å². The standard InChI is InChI=1S/C21H20F4N2O5S/c22-15-4-3-5-16(12-15)26-19(28)13-32-20(29)14-8-10-27(11-9-14)33(30,31)18-7-2-1-6-17(18)21(23,24)25/h1-7,12,14H,8-11,13H2,(H,26,28). The molecule has 2 aromatic carbocycles. The van der Waals surface area contributed by atoms with Crippen LogP contribution in [0.1, 0.15) is 18.4 Å². The van der Waals surface area contributed by atoms with Crippen LogP contribution in [0.4, 0.5) is 23.2 Å². The number of nitrogens with zero attached hydrogens (tertiary/aromatic N) is 1. The zero-order chi connectivity index (χ0) is 24.2. The summed E-state index contributed by atoms with van der Waals surface area (Å²) < 4.78 is 84.2. The van der Waals surface area contributed by atoms with Crippen molar-refractivity contribution in [1.82, 2.24) is 4.31 Å². The number of alkyl halides is 3. The van der Waals surface area contributed by atoms with E-state index in [1.165, 1.54) is 24.3 Å². The second-order valence-electron chi connectivity index (χ2n) is 7.34. The Morgan fingerprint density at radius 1 is 1.06 bits per heavy atom. The molecule has 178 valence electrons. The molecule has 0 atom stereocenters. The number of esters is 1. The summed E-state index contributed by atoms with van der Waals surface area (Å²) in [6.07, 6.45) is -4.78. The minimum Gasteiger partial charge on any atom is -0.455 e. The second-order valence-corrected chi connectivity index (χ2v) is 9.24. The zero-order valence-corrected chi connectivity index (χ0v) is 18.0. The van der Waals surface area contributed by atoms with Crippen molar-refractivity contribution >= 4 is 27.6 Å². The van der Waals surface area contributed by atoms with E-state index in [1.54, 1.807) is 0 Å². The Morgan fingerprint density at radius 3 is 2.36 bits per heavy atom. The molecule has 0 saturated carbocycles. The van der Waals surface area contributed by atoms with Crippen LogP contribution in [-0.2, 0) is 30.5 Å². The number of nitrogens with one attached hydrogen (secondary N) is 1. The molecular weight excluding hydrogens is 468 g/mol. The van der Waals surface area contributed by atoms with Gasteiger partial charge in [-0.2, -0.15) is 17.5 Å². The molecule has 1 heterocycles. The SMILES string of the molecule is O=C(COC(=O)C1CCN(S(=O)(=O)c2ccccc2C(F)(F)F)CC1)Nc1cccc(F)c1. The number of rotatable bonds is 6. The Kier molecular flexibility index (Phi) is 7.38. The van der Waals surface area contributed by atoms with Gasteiger partial charge in [0.15, 0.2) is 6.61 Å². The van der Waals surface area contributed by atoms with Gasteiger partial charge in [0.05, 0.1) is 16.4 Å². The van der Waals surface area contributed by atoms with E-state index in [2.05, 4.69) is 5.32 Å². The number of ether oxygens (including phenoxy) is 1. The molecule has 1 aliphatic heterocycles. The predicted octanol–water partition coefficient (Wildman–Crippen LogP) is 3.43. The van der Waals surface area contributed by atoms with E-state index in [0.717, 1.165) is 22.5 Å². The first-order valence-electron chi connectivity index (χ1n) is 9.87. The quantitative estimate of drug-likeness (QED) is 0.497. The number of hydrogen-bond donors (Lipinski definition) is 1. The van der Waals surface area contributed by atoms with Crippen molar-refractivity contribution in [3.05, 3.63) is 59.9 Å². The van der Waals surface area contributed by atoms with Crippen LogP contribution >= 0.6 is 0 Å². The summed E-state index contributed by atoms with van der Waals surface area (Å²) in [4.78, 5) is 23.3. The Hall–Kier alpha value is -2.99. The van der Waals surface area contributed by atoms with Gasteiger partial charge in [0, 0.05) is 18.8 Å². The smallest absolute Gasteiger partial charge is 0.417 e. The average Bonchev–Trinajstić information content (AvgIpc) is 2.77. The first kappa shape index (κ1) is 24.6. The van der Waals surface area contributed by atoms with Crippen molar-refractivity contribution in [3.63, 3.8) is 0 Å². The molecule has 1 amide bonds. The Morgan fingerprint density at radius 2 is 1.73 bits per heavy atom. The summed E-state index contributed by atoms with van der Waals surface area (Å²) in [6, 6.07) is 9.05. The molecule has 0 bridgehead atoms. The fraction of sp³-hybridized carbons (Fsp3) is 0.333. The maximum atomic E-state index is 13.2. The molecule has 0 aromatic heterocycles. The van der Waals surface area contributed by atoms with Gasteiger partial charge in [-0.25, -0.2) is 12.8 Å². The number of amides is 1. The molecule has 0 spiro atoms. The Labute approximate surface area is 187 Å². The predicted molar refractivity (Wildman–Crippen MR) is 109 cm³/mol. The van der Waals surface area contributed by atoms with Crippen LogP contribution in [0.25, 0.3) is 0 Å². The van der Waals surface area contributed by atoms with Crippen molar-refractivity contribution < 1.29 is 40.3 Å². The van der Waals surface area contributed by atoms with Gasteiger partial charge >= 0.3 is 12.1 Å². The summed E-state index contributed by atoms with van der Waals surface area (Å²) in [5.74, 6) is -2.67. The summed E-state index contributed by atoms with van der Waals surface area (Å²) >= 11 is 0. The molecule has 2 aromatic rings. The summed E-state index contributed by atoms with van der Waals surface area (Å²) in [5, 5.41) is 2.37. The van der Waals surface area contributed by atoms with E-state index in [4.69, 9.17) is 4.74 Å². The summed E-state index contributed by atoms with van der Waals surface area (Å²) in [7, 11) is -4.42. The third-order valence-electron chi connectivity index (χ3n) is 5.05. The monoisotopic (exact) mass is 488 g/mol. The molecule has 12 heteroatoms. The first-order chi connectivity index (χ1) is 15.5. The second kappa shape index (κ2) is 9.87. The van der Waals surface area contributed by atoms with Crippen LogP contribution in [0.2, 0.25) is 0 Å². The van der Waals surface area contributed by atoms with Gasteiger partial charge in [0.25, 0.3) is 5.91 Å². The number of sulfonamides is 1. The van der Waals surface area contributed by atoms with Gasteiger partial charge in [0.2, 0.25) is 10.0 Å². The minimum atomic E-state index is -4.84. The third kappa shape index (κ3) is 6.08. The van der Waals surface area contributed by atoms with Gasteiger partial charge in [-0.15, -0.1) is 0 Å². The highest BCUT2D eigenvalue weighted by molar-refractivity contribution is 7.89. The molecule has 0 radical (unpaired) electrons. The lowest BCUT2D eigenvalue weighted by atomic mass is 9.98. The van der Waals surface area contributed by atoms with Crippen LogP contribution < -0.4 is 5.32 Å². The van der Waals surface area contributed by atoms with E-state index in [1.807, 2.05) is 0 Å². The molecule has 1 aliphatic rings. The van der Waals surface area contributed by atoms with Crippen molar-refractivity contribution in [1.29, 1.82) is 0 Å². The number of anilines is 1. The molecule has 33 heavy (non-hydrogen) atoms. The van der Waals surface area contributed by atoms with Crippen LogP contribution in [0.15, 0.2) is 53.4 Å². The molecule has 0 aliphatic carbocycles. The maximum Gasteiger partial charge on any atom is 0.417 e. The molecular formula is C21H20F4N2O5S. The normalized spacial score (nSPS) is 15.8. The van der Waals surface area contributed by atoms with Gasteiger partial charge in [0.1, 0.15) is 5.82 Å². The maximum absolute atomic E-state index is 13.2. The molecule has 1 fully saturated rings. The van der Waals surface area contributed by atoms with Gasteiger partial charge in [-0.1, -0.05) is 18.2 Å². The zero-order valence-electron chi connectivity index (χ0n) is 17.1. The third-order valence-corrected chi connectivity index (χ3v) is 7.01. The van der Waals surface area contributed by atoms with E-state index in [9.17, 15) is 35.6 Å². The van der Waals surface area contributed by atoms with E-state index >= 15 is 0 Å². The molecule has 7 nitrogen and oxygen atoms in total. The summed E-state index contributed by atoms with van der Waals surface area (Å²) in [6.45, 7) is -0.972. The number of benzene rings is 2. The minimum absolute atomic E-state index is 0.0256. The number of carbonyl (C=O) groups excluding carboxylic acids is 2. The molecule has 1 N–H and O–H groups in total. The number of halogens is 4. The largest absolute Gasteiger partial charge is 0.455 e. The van der Waals surface area contributed by atoms with Crippen LogP contribution in [-0.4, -0.2) is 44.3 Å². The molecule has 0 unspecified atom stereocenters.